The Morgan fingerprint density at radius 2 is 1.35 bits per heavy atom. The Morgan fingerprint density at radius 1 is 0.794 bits per heavy atom. The van der Waals surface area contributed by atoms with Crippen LogP contribution in [0, 0.1) is 5.92 Å². The normalized spacial score (nSPS) is 36.2. The molecule has 2 aromatic rings. The number of methoxy groups -OCH3 is 1. The molecule has 0 bridgehead atoms. The van der Waals surface area contributed by atoms with E-state index in [0.29, 0.717) is 12.1 Å². The predicted octanol–water partition coefficient (Wildman–Crippen LogP) is -0.825. The van der Waals surface area contributed by atoms with Crippen LogP contribution in [0.5, 0.6) is 0 Å². The second-order valence-electron chi connectivity index (χ2n) is 15.1. The van der Waals surface area contributed by atoms with E-state index in [0.717, 1.165) is 7.17 Å². The van der Waals surface area contributed by atoms with Crippen molar-refractivity contribution in [1.82, 2.24) is 19.5 Å². The molecule has 0 spiro atoms. The van der Waals surface area contributed by atoms with Gasteiger partial charge in [0, 0.05) is 54.7 Å². The highest BCUT2D eigenvalue weighted by atomic mass is 31.3. The van der Waals surface area contributed by atoms with Crippen LogP contribution < -0.4 is 5.73 Å². The van der Waals surface area contributed by atoms with Crippen LogP contribution in [-0.4, -0.2) is 182 Å². The number of nitrogens with zero attached hydrogens (tertiary/aromatic N) is 4. The summed E-state index contributed by atoms with van der Waals surface area (Å²) >= 11 is 0. The molecule has 6 heterocycles. The number of phosphoric ester groups is 4. The molecular weight excluding hydrogens is 920 g/mol. The van der Waals surface area contributed by atoms with Crippen LogP contribution in [0.4, 0.5) is 5.82 Å². The average Bonchev–Trinajstić information content (AvgIpc) is 4.03. The number of hydrogen-bond donors (Lipinski definition) is 6. The summed E-state index contributed by atoms with van der Waals surface area (Å²) in [5.41, 5.74) is 6.41. The molecule has 2 aromatic heterocycles. The molecule has 4 aliphatic heterocycles. The highest BCUT2D eigenvalue weighted by molar-refractivity contribution is 7.61. The summed E-state index contributed by atoms with van der Waals surface area (Å²) < 4.78 is 116. The van der Waals surface area contributed by atoms with Crippen LogP contribution >= 0.6 is 31.3 Å². The smallest absolute Gasteiger partial charge is 0.390 e. The van der Waals surface area contributed by atoms with Gasteiger partial charge in [0.25, 0.3) is 0 Å². The summed E-state index contributed by atoms with van der Waals surface area (Å²) in [6.07, 6.45) is -7.27. The summed E-state index contributed by atoms with van der Waals surface area (Å²) in [7, 11) is -1.06. The van der Waals surface area contributed by atoms with Crippen LogP contribution in [0.1, 0.15) is 39.3 Å². The fraction of sp³-hybridized carbons (Fsp3) is 0.821. The van der Waals surface area contributed by atoms with Gasteiger partial charge in [-0.1, -0.05) is 6.92 Å². The molecule has 6 rings (SSSR count). The Hall–Kier alpha value is -1.09. The van der Waals surface area contributed by atoms with E-state index in [1.165, 1.54) is 24.3 Å². The zero-order chi connectivity index (χ0) is 46.1. The maximum Gasteiger partial charge on any atom is 0.481 e. The van der Waals surface area contributed by atoms with Crippen LogP contribution in [0.25, 0.3) is 11.2 Å². The number of hydrogen-bond acceptors (Lipinski definition) is 21. The summed E-state index contributed by atoms with van der Waals surface area (Å²) in [6, 6.07) is -1.88. The third-order valence-corrected chi connectivity index (χ3v) is 15.1. The maximum atomic E-state index is 13.2. The number of ether oxygens (including phenoxy) is 5. The van der Waals surface area contributed by atoms with Crippen LogP contribution in [-0.2, 0) is 73.4 Å². The Kier molecular flexibility index (Phi) is 17.1. The fourth-order valence-electron chi connectivity index (χ4n) is 7.35. The number of aliphatic hydroxyl groups excluding tert-OH is 1. The summed E-state index contributed by atoms with van der Waals surface area (Å²) in [5.74, 6) is -0.537. The molecule has 35 heteroatoms. The predicted molar refractivity (Wildman–Crippen MR) is 218 cm³/mol. The molecule has 7 N–H and O–H groups in total. The minimum atomic E-state index is -5.49. The van der Waals surface area contributed by atoms with Gasteiger partial charge in [0.05, 0.1) is 76.9 Å². The van der Waals surface area contributed by atoms with Gasteiger partial charge >= 0.3 is 31.3 Å². The van der Waals surface area contributed by atoms with Crippen LogP contribution in [0.3, 0.4) is 0 Å². The van der Waals surface area contributed by atoms with Crippen molar-refractivity contribution >= 4 is 85.1 Å². The van der Waals surface area contributed by atoms with Gasteiger partial charge in [-0.05, 0) is 19.8 Å². The zero-order valence-electron chi connectivity index (χ0n) is 33.9. The lowest BCUT2D eigenvalue weighted by atomic mass is 9.16. The molecule has 4 aliphatic rings. The second-order valence-corrected chi connectivity index (χ2v) is 20.9. The maximum absolute atomic E-state index is 13.2. The zero-order valence-corrected chi connectivity index (χ0v) is 37.5. The van der Waals surface area contributed by atoms with Gasteiger partial charge in [0.15, 0.2) is 11.5 Å². The van der Waals surface area contributed by atoms with Crippen LogP contribution in [0.2, 0.25) is 0 Å². The molecule has 0 amide bonds. The van der Waals surface area contributed by atoms with Crippen molar-refractivity contribution in [1.29, 1.82) is 0 Å². The van der Waals surface area contributed by atoms with E-state index in [4.69, 9.17) is 79.8 Å². The van der Waals surface area contributed by atoms with E-state index < -0.39 is 124 Å². The molecule has 17 atom stereocenters. The first-order valence-electron chi connectivity index (χ1n) is 19.3. The summed E-state index contributed by atoms with van der Waals surface area (Å²) in [6.45, 7) is -0.610. The minimum absolute atomic E-state index is 0.0694. The van der Waals surface area contributed by atoms with Gasteiger partial charge in [-0.2, -0.15) is 4.31 Å². The van der Waals surface area contributed by atoms with Crippen LogP contribution in [0.15, 0.2) is 12.7 Å². The molecule has 63 heavy (non-hydrogen) atoms. The molecule has 4 saturated heterocycles. The largest absolute Gasteiger partial charge is 0.481 e. The van der Waals surface area contributed by atoms with E-state index in [9.17, 15) is 42.9 Å². The average molecular weight is 966 g/mol. The standard InChI is InChI=1S/C28H45B5N5O21P4/c1-13-4-15(48-3)18(53-13)7-49-60(40,41)57-16-5-22(32-29)54-19(16)8-50-61(42,43)58-17-6-23(33(30)31)55-20(17)9-51-62(44,45)59-63(46,47)52-10-21-25(39)14(2)28(56-21)38-12-37-24-26(34)35-11-36-27(24)38/h11-23,25,28,39H,4-10H2,1-3H3,(H,40,41)(H,42,43)(H,44,45)(H,46,47)(H2,34,35,36). The summed E-state index contributed by atoms with van der Waals surface area (Å²) in [5, 5.41) is 10.8. The molecule has 4 fully saturated rings. The lowest BCUT2D eigenvalue weighted by molar-refractivity contribution is -0.0445. The molecule has 0 aromatic carbocycles. The van der Waals surface area contributed by atoms with Crippen molar-refractivity contribution in [3.8, 4) is 0 Å². The number of phosphoric acid groups is 4. The molecule has 26 nitrogen and oxygen atoms in total. The number of anilines is 1. The van der Waals surface area contributed by atoms with E-state index in [-0.39, 0.29) is 43.0 Å². The van der Waals surface area contributed by atoms with Crippen molar-refractivity contribution < 1.29 is 98.1 Å². The lowest BCUT2D eigenvalue weighted by Crippen LogP contribution is -2.33. The topological polar surface area (TPSA) is 350 Å². The van der Waals surface area contributed by atoms with Gasteiger partial charge in [-0.15, -0.1) is 0 Å². The number of rotatable bonds is 22. The lowest BCUT2D eigenvalue weighted by Gasteiger charge is -2.25. The molecule has 17 unspecified atom stereocenters. The van der Waals surface area contributed by atoms with Gasteiger partial charge in [-0.25, -0.2) is 33.2 Å². The third-order valence-electron chi connectivity index (χ3n) is 10.5. The number of imidazole rings is 1. The molecular formula is C28H45B5N5O21P4. The van der Waals surface area contributed by atoms with E-state index in [1.807, 2.05) is 6.92 Å². The number of aromatic nitrogens is 4. The van der Waals surface area contributed by atoms with Gasteiger partial charge in [-0.3, -0.25) is 31.7 Å². The first-order valence-corrected chi connectivity index (χ1v) is 25.3. The van der Waals surface area contributed by atoms with Gasteiger partial charge < -0.3 is 54.1 Å². The molecule has 0 aliphatic carbocycles. The molecule has 0 saturated carbocycles. The van der Waals surface area contributed by atoms with Gasteiger partial charge in [0.2, 0.25) is 0 Å². The highest BCUT2D eigenvalue weighted by Crippen LogP contribution is 2.61. The van der Waals surface area contributed by atoms with Crippen molar-refractivity contribution in [2.75, 3.05) is 39.3 Å². The Balaban J connectivity index is 0.999. The van der Waals surface area contributed by atoms with Gasteiger partial charge in [0.1, 0.15) is 42.5 Å². The Labute approximate surface area is 366 Å². The molecule has 7 radical (unpaired) electrons. The van der Waals surface area contributed by atoms with E-state index in [2.05, 4.69) is 19.3 Å². The molecule has 343 valence electrons. The SMILES string of the molecule is [B][B]C1CC(OP(=O)(O)OCC2OC(C)CC2OC)C(COP(=O)(O)OC2CC(B([B])[B])OC2COP(=O)(O)OP(=O)(O)OCC2OC(n3cnc4c(N)ncnc43)C(C)C2O)O1. The van der Waals surface area contributed by atoms with Crippen molar-refractivity contribution in [3.05, 3.63) is 12.7 Å². The Morgan fingerprint density at radius 3 is 1.94 bits per heavy atom. The minimum Gasteiger partial charge on any atom is -0.390 e. The van der Waals surface area contributed by atoms with Crippen molar-refractivity contribution in [2.24, 2.45) is 5.92 Å². The van der Waals surface area contributed by atoms with Crippen molar-refractivity contribution in [3.63, 3.8) is 0 Å². The number of aliphatic hydroxyl groups is 1. The van der Waals surface area contributed by atoms with Crippen molar-refractivity contribution in [2.45, 2.75) is 106 Å². The second kappa shape index (κ2) is 21.1. The fourth-order valence-corrected chi connectivity index (χ4v) is 11.4. The highest BCUT2D eigenvalue weighted by Gasteiger charge is 2.48. The first-order chi connectivity index (χ1) is 29.5. The van der Waals surface area contributed by atoms with E-state index >= 15 is 0 Å². The monoisotopic (exact) mass is 966 g/mol. The van der Waals surface area contributed by atoms with E-state index in [1.54, 1.807) is 6.92 Å². The quantitative estimate of drug-likeness (QED) is 0.0620. The summed E-state index contributed by atoms with van der Waals surface area (Å²) in [4.78, 5) is 54.0. The Bertz CT molecular complexity index is 2070. The first kappa shape index (κ1) is 51.3. The number of fused-ring (bicyclic) bond motifs is 1. The number of nitrogens with two attached hydrogens (primary N) is 1. The third kappa shape index (κ3) is 13.3. The number of nitrogen functional groups attached to an aromatic ring is 1.